The molecule has 1 aromatic rings. The average Bonchev–Trinajstić information content (AvgIpc) is 2.41. The van der Waals surface area contributed by atoms with Crippen LogP contribution in [0.4, 0.5) is 46.5 Å². The normalized spacial score (nSPS) is 12.8. The molecule has 0 fully saturated rings. The molecule has 0 aromatic heterocycles. The second kappa shape index (κ2) is 6.29. The molecule has 0 atom stereocenters. The number of hydrogen-bond acceptors (Lipinski definition) is 5. The summed E-state index contributed by atoms with van der Waals surface area (Å²) in [6.45, 7) is -2.61. The molecule has 0 N–H and O–H groups in total. The zero-order chi connectivity index (χ0) is 19.8. The molecule has 25 heavy (non-hydrogen) atoms. The first-order valence-electron chi connectivity index (χ1n) is 5.69. The molecule has 15 heteroatoms. The van der Waals surface area contributed by atoms with E-state index in [0.29, 0.717) is 0 Å². The van der Waals surface area contributed by atoms with Crippen LogP contribution in [0, 0.1) is 20.2 Å². The molecular weight excluding hydrogens is 380 g/mol. The van der Waals surface area contributed by atoms with Crippen LogP contribution in [0.5, 0.6) is 5.75 Å². The molecule has 1 rings (SSSR count). The minimum atomic E-state index is -6.15. The first-order valence-corrected chi connectivity index (χ1v) is 5.69. The summed E-state index contributed by atoms with van der Waals surface area (Å²) in [5, 5.41) is 21.4. The van der Waals surface area contributed by atoms with Gasteiger partial charge in [-0.2, -0.15) is 35.1 Å². The third kappa shape index (κ3) is 4.42. The predicted molar refractivity (Wildman–Crippen MR) is 61.2 cm³/mol. The van der Waals surface area contributed by atoms with Gasteiger partial charge in [-0.05, 0) is 0 Å². The summed E-state index contributed by atoms with van der Waals surface area (Å²) in [6.07, 6.45) is -11.4. The zero-order valence-corrected chi connectivity index (χ0v) is 11.3. The third-order valence-electron chi connectivity index (χ3n) is 2.58. The minimum absolute atomic E-state index is 0.284. The van der Waals surface area contributed by atoms with Crippen LogP contribution in [0.2, 0.25) is 0 Å². The van der Waals surface area contributed by atoms with Gasteiger partial charge in [-0.15, -0.1) is 0 Å². The Labute approximate surface area is 131 Å². The van der Waals surface area contributed by atoms with Crippen LogP contribution >= 0.6 is 0 Å². The molecule has 0 aliphatic carbocycles. The fourth-order valence-corrected chi connectivity index (χ4v) is 1.43. The van der Waals surface area contributed by atoms with Gasteiger partial charge in [0.25, 0.3) is 5.75 Å². The Hall–Kier alpha value is -2.74. The van der Waals surface area contributed by atoms with E-state index in [2.05, 4.69) is 4.74 Å². The Balaban J connectivity index is 3.48. The molecule has 0 bridgehead atoms. The van der Waals surface area contributed by atoms with E-state index in [1.54, 1.807) is 0 Å². The first kappa shape index (κ1) is 20.3. The number of halogens is 8. The quantitative estimate of drug-likeness (QED) is 0.433. The first-order chi connectivity index (χ1) is 11.1. The van der Waals surface area contributed by atoms with Crippen molar-refractivity contribution in [3.63, 3.8) is 0 Å². The monoisotopic (exact) mass is 384 g/mol. The van der Waals surface area contributed by atoms with Crippen molar-refractivity contribution in [2.24, 2.45) is 0 Å². The van der Waals surface area contributed by atoms with E-state index in [4.69, 9.17) is 0 Å². The van der Waals surface area contributed by atoms with Crippen molar-refractivity contribution in [2.75, 3.05) is 6.61 Å². The summed E-state index contributed by atoms with van der Waals surface area (Å²) >= 11 is 0. The molecule has 0 radical (unpaired) electrons. The zero-order valence-electron chi connectivity index (χ0n) is 11.3. The van der Waals surface area contributed by atoms with E-state index in [1.807, 2.05) is 0 Å². The second-order valence-corrected chi connectivity index (χ2v) is 4.35. The van der Waals surface area contributed by atoms with Crippen LogP contribution in [0.1, 0.15) is 5.56 Å². The SMILES string of the molecule is O=[N+]([O-])c1cc(C(F)(F)F)cc([N+](=O)[O-])c1OCC(F)(F)C(F)(F)F. The number of nitro groups is 2. The highest BCUT2D eigenvalue weighted by Gasteiger charge is 2.58. The maximum Gasteiger partial charge on any atom is 0.456 e. The summed E-state index contributed by atoms with van der Waals surface area (Å²) in [4.78, 5) is 18.1. The maximum atomic E-state index is 12.8. The van der Waals surface area contributed by atoms with Crippen LogP contribution in [0.15, 0.2) is 12.1 Å². The van der Waals surface area contributed by atoms with E-state index in [0.717, 1.165) is 0 Å². The standard InChI is InChI=1S/C10H4F8N2O5/c11-8(12,10(16,17)18)3-25-7-5(19(21)22)1-4(9(13,14)15)2-6(7)20(23)24/h1-2H,3H2. The Morgan fingerprint density at radius 3 is 1.56 bits per heavy atom. The van der Waals surface area contributed by atoms with Crippen molar-refractivity contribution in [1.29, 1.82) is 0 Å². The van der Waals surface area contributed by atoms with Crippen molar-refractivity contribution in [1.82, 2.24) is 0 Å². The molecule has 0 aliphatic heterocycles. The summed E-state index contributed by atoms with van der Waals surface area (Å²) in [7, 11) is 0. The Bertz CT molecular complexity index is 665. The van der Waals surface area contributed by atoms with Crippen LogP contribution in [0.3, 0.4) is 0 Å². The maximum absolute atomic E-state index is 12.8. The number of nitrogens with zero attached hydrogens (tertiary/aromatic N) is 2. The topological polar surface area (TPSA) is 95.5 Å². The Morgan fingerprint density at radius 2 is 1.28 bits per heavy atom. The lowest BCUT2D eigenvalue weighted by atomic mass is 10.1. The lowest BCUT2D eigenvalue weighted by molar-refractivity contribution is -0.397. The molecule has 0 amide bonds. The molecule has 140 valence electrons. The molecule has 0 saturated heterocycles. The third-order valence-corrected chi connectivity index (χ3v) is 2.58. The Kier molecular flexibility index (Phi) is 5.11. The van der Waals surface area contributed by atoms with Crippen molar-refractivity contribution in [3.05, 3.63) is 37.9 Å². The van der Waals surface area contributed by atoms with Crippen LogP contribution in [-0.2, 0) is 6.18 Å². The van der Waals surface area contributed by atoms with Gasteiger partial charge in [-0.25, -0.2) is 0 Å². The average molecular weight is 384 g/mol. The second-order valence-electron chi connectivity index (χ2n) is 4.35. The van der Waals surface area contributed by atoms with Gasteiger partial charge in [-0.3, -0.25) is 20.2 Å². The number of benzene rings is 1. The van der Waals surface area contributed by atoms with E-state index < -0.39 is 57.4 Å². The molecule has 7 nitrogen and oxygen atoms in total. The number of hydrogen-bond donors (Lipinski definition) is 0. The summed E-state index contributed by atoms with van der Waals surface area (Å²) in [6, 6.07) is -0.567. The van der Waals surface area contributed by atoms with Gasteiger partial charge in [-0.1, -0.05) is 0 Å². The van der Waals surface area contributed by atoms with E-state index in [1.165, 1.54) is 0 Å². The van der Waals surface area contributed by atoms with E-state index >= 15 is 0 Å². The molecule has 0 aliphatic rings. The minimum Gasteiger partial charge on any atom is -0.475 e. The van der Waals surface area contributed by atoms with Gasteiger partial charge in [0.05, 0.1) is 15.4 Å². The molecule has 0 spiro atoms. The van der Waals surface area contributed by atoms with Gasteiger partial charge in [0, 0.05) is 12.1 Å². The van der Waals surface area contributed by atoms with Crippen LogP contribution in [0.25, 0.3) is 0 Å². The van der Waals surface area contributed by atoms with Gasteiger partial charge in [0.15, 0.2) is 6.61 Å². The molecule has 0 saturated carbocycles. The highest BCUT2D eigenvalue weighted by Crippen LogP contribution is 2.44. The van der Waals surface area contributed by atoms with Crippen molar-refractivity contribution >= 4 is 11.4 Å². The Morgan fingerprint density at radius 1 is 0.880 bits per heavy atom. The fraction of sp³-hybridized carbons (Fsp3) is 0.400. The summed E-state index contributed by atoms with van der Waals surface area (Å²) < 4.78 is 103. The smallest absolute Gasteiger partial charge is 0.456 e. The number of ether oxygens (including phenoxy) is 1. The van der Waals surface area contributed by atoms with E-state index in [9.17, 15) is 55.4 Å². The predicted octanol–water partition coefficient (Wildman–Crippen LogP) is 4.10. The fourth-order valence-electron chi connectivity index (χ4n) is 1.43. The lowest BCUT2D eigenvalue weighted by Gasteiger charge is -2.19. The molecule has 0 heterocycles. The lowest BCUT2D eigenvalue weighted by Crippen LogP contribution is -2.41. The van der Waals surface area contributed by atoms with Crippen molar-refractivity contribution in [2.45, 2.75) is 18.3 Å². The molecule has 1 aromatic carbocycles. The highest BCUT2D eigenvalue weighted by molar-refractivity contribution is 5.62. The molecule has 0 unspecified atom stereocenters. The van der Waals surface area contributed by atoms with Crippen molar-refractivity contribution < 1.29 is 49.7 Å². The van der Waals surface area contributed by atoms with Gasteiger partial charge >= 0.3 is 29.6 Å². The number of nitro benzene ring substituents is 2. The van der Waals surface area contributed by atoms with Gasteiger partial charge in [0.2, 0.25) is 0 Å². The largest absolute Gasteiger partial charge is 0.475 e. The van der Waals surface area contributed by atoms with Crippen LogP contribution < -0.4 is 4.74 Å². The highest BCUT2D eigenvalue weighted by atomic mass is 19.4. The van der Waals surface area contributed by atoms with Gasteiger partial charge in [0.1, 0.15) is 0 Å². The van der Waals surface area contributed by atoms with Gasteiger partial charge < -0.3 is 4.74 Å². The number of rotatable bonds is 5. The molecular formula is C10H4F8N2O5. The summed E-state index contributed by atoms with van der Waals surface area (Å²) in [5.41, 5.74) is -5.47. The van der Waals surface area contributed by atoms with Crippen molar-refractivity contribution in [3.8, 4) is 5.75 Å². The number of alkyl halides is 8. The van der Waals surface area contributed by atoms with Crippen LogP contribution in [-0.4, -0.2) is 28.6 Å². The summed E-state index contributed by atoms with van der Waals surface area (Å²) in [5.74, 6) is -7.32. The van der Waals surface area contributed by atoms with E-state index in [-0.39, 0.29) is 12.1 Å².